The van der Waals surface area contributed by atoms with Crippen LogP contribution in [0.3, 0.4) is 0 Å². The molecule has 1 amide bonds. The van der Waals surface area contributed by atoms with E-state index in [0.29, 0.717) is 25.3 Å². The number of likely N-dealkylation sites (tertiary alicyclic amines) is 1. The van der Waals surface area contributed by atoms with Gasteiger partial charge in [0.2, 0.25) is 0 Å². The first-order valence-electron chi connectivity index (χ1n) is 12.7. The summed E-state index contributed by atoms with van der Waals surface area (Å²) in [5.74, 6) is -0.655. The third kappa shape index (κ3) is 5.73. The minimum absolute atomic E-state index is 0.124. The molecule has 1 atom stereocenters. The number of rotatable bonds is 11. The van der Waals surface area contributed by atoms with Gasteiger partial charge in [0, 0.05) is 38.4 Å². The predicted molar refractivity (Wildman–Crippen MR) is 145 cm³/mol. The minimum Gasteiger partial charge on any atom is -0.507 e. The van der Waals surface area contributed by atoms with Gasteiger partial charge in [-0.25, -0.2) is 0 Å². The van der Waals surface area contributed by atoms with Crippen molar-refractivity contribution < 1.29 is 19.4 Å². The molecule has 0 unspecified atom stereocenters. The Labute approximate surface area is 215 Å². The van der Waals surface area contributed by atoms with E-state index in [-0.39, 0.29) is 11.3 Å². The molecule has 1 fully saturated rings. The van der Waals surface area contributed by atoms with Crippen LogP contribution < -0.4 is 9.64 Å². The van der Waals surface area contributed by atoms with Gasteiger partial charge in [-0.3, -0.25) is 9.59 Å². The van der Waals surface area contributed by atoms with Crippen LogP contribution in [0.4, 0.5) is 5.69 Å². The van der Waals surface area contributed by atoms with Crippen LogP contribution in [-0.4, -0.2) is 73.5 Å². The smallest absolute Gasteiger partial charge is 0.295 e. The second-order valence-electron chi connectivity index (χ2n) is 9.33. The second kappa shape index (κ2) is 12.1. The zero-order valence-corrected chi connectivity index (χ0v) is 22.4. The number of amides is 1. The number of benzene rings is 2. The summed E-state index contributed by atoms with van der Waals surface area (Å²) in [5, 5.41) is 11.4. The highest BCUT2D eigenvalue weighted by molar-refractivity contribution is 6.46. The first-order chi connectivity index (χ1) is 17.2. The number of likely N-dealkylation sites (N-methyl/N-ethyl adjacent to an activating group) is 1. The fourth-order valence-electron chi connectivity index (χ4n) is 4.53. The Morgan fingerprint density at radius 3 is 2.25 bits per heavy atom. The van der Waals surface area contributed by atoms with Gasteiger partial charge in [-0.15, -0.1) is 0 Å². The van der Waals surface area contributed by atoms with E-state index in [1.165, 1.54) is 0 Å². The number of ketones is 1. The number of anilines is 1. The summed E-state index contributed by atoms with van der Waals surface area (Å²) in [6.45, 7) is 11.5. The van der Waals surface area contributed by atoms with Crippen LogP contribution in [0.1, 0.15) is 49.9 Å². The summed E-state index contributed by atoms with van der Waals surface area (Å²) in [4.78, 5) is 32.3. The largest absolute Gasteiger partial charge is 0.507 e. The van der Waals surface area contributed by atoms with E-state index < -0.39 is 17.7 Å². The zero-order chi connectivity index (χ0) is 26.4. The summed E-state index contributed by atoms with van der Waals surface area (Å²) in [7, 11) is 3.92. The lowest BCUT2D eigenvalue weighted by molar-refractivity contribution is -0.140. The maximum absolute atomic E-state index is 13.3. The number of ether oxygens (including phenoxy) is 1. The van der Waals surface area contributed by atoms with Crippen molar-refractivity contribution in [1.82, 2.24) is 9.80 Å². The molecule has 194 valence electrons. The van der Waals surface area contributed by atoms with E-state index in [4.69, 9.17) is 4.74 Å². The van der Waals surface area contributed by atoms with Crippen LogP contribution in [0.25, 0.3) is 5.76 Å². The van der Waals surface area contributed by atoms with E-state index >= 15 is 0 Å². The van der Waals surface area contributed by atoms with Crippen molar-refractivity contribution in [3.8, 4) is 5.75 Å². The highest BCUT2D eigenvalue weighted by Gasteiger charge is 2.46. The van der Waals surface area contributed by atoms with E-state index in [1.807, 2.05) is 57.1 Å². The molecule has 36 heavy (non-hydrogen) atoms. The molecular weight excluding hydrogens is 454 g/mol. The van der Waals surface area contributed by atoms with Gasteiger partial charge in [0.25, 0.3) is 11.7 Å². The number of carbonyl (C=O) groups excluding carboxylic acids is 2. The number of Topliss-reactive ketones (excluding diaryl/α,β-unsaturated/α-hetero) is 1. The summed E-state index contributed by atoms with van der Waals surface area (Å²) in [5.41, 5.74) is 3.28. The van der Waals surface area contributed by atoms with Crippen molar-refractivity contribution in [3.63, 3.8) is 0 Å². The lowest BCUT2D eigenvalue weighted by Gasteiger charge is -2.28. The number of aliphatic hydroxyl groups is 1. The molecule has 0 saturated carbocycles. The Hall–Kier alpha value is -3.32. The Balaban J connectivity index is 2.08. The molecule has 1 aliphatic heterocycles. The average Bonchev–Trinajstić information content (AvgIpc) is 3.13. The Bertz CT molecular complexity index is 1100. The van der Waals surface area contributed by atoms with Gasteiger partial charge < -0.3 is 24.5 Å². The molecule has 0 spiro atoms. The standard InChI is InChI=1S/C29H39N3O4/c1-7-18-36-24-15-12-22(19-20(24)4)27(33)25-26(21-10-13-23(14-11-21)30(5)6)32(29(35)28(25)34)17-16-31(8-2)9-3/h10-15,19,26,33H,7-9,16-18H2,1-6H3/t26-/m1/s1. The summed E-state index contributed by atoms with van der Waals surface area (Å²) < 4.78 is 5.76. The molecular formula is C29H39N3O4. The molecule has 0 aromatic heterocycles. The summed E-state index contributed by atoms with van der Waals surface area (Å²) in [6.07, 6.45) is 0.894. The van der Waals surface area contributed by atoms with Gasteiger partial charge in [0.1, 0.15) is 11.5 Å². The third-order valence-electron chi connectivity index (χ3n) is 6.73. The van der Waals surface area contributed by atoms with Gasteiger partial charge >= 0.3 is 0 Å². The van der Waals surface area contributed by atoms with Crippen LogP contribution in [0, 0.1) is 6.92 Å². The van der Waals surface area contributed by atoms with Gasteiger partial charge in [-0.1, -0.05) is 32.9 Å². The maximum Gasteiger partial charge on any atom is 0.295 e. The molecule has 1 N–H and O–H groups in total. The molecule has 2 aromatic carbocycles. The van der Waals surface area contributed by atoms with Crippen molar-refractivity contribution in [2.75, 3.05) is 51.8 Å². The molecule has 0 bridgehead atoms. The van der Waals surface area contributed by atoms with Crippen LogP contribution in [-0.2, 0) is 9.59 Å². The van der Waals surface area contributed by atoms with Gasteiger partial charge in [0.05, 0.1) is 18.2 Å². The number of hydrogen-bond donors (Lipinski definition) is 1. The second-order valence-corrected chi connectivity index (χ2v) is 9.33. The minimum atomic E-state index is -0.659. The lowest BCUT2D eigenvalue weighted by Crippen LogP contribution is -2.38. The highest BCUT2D eigenvalue weighted by atomic mass is 16.5. The fraction of sp³-hybridized carbons (Fsp3) is 0.448. The van der Waals surface area contributed by atoms with Gasteiger partial charge in [-0.05, 0) is 67.9 Å². The summed E-state index contributed by atoms with van der Waals surface area (Å²) >= 11 is 0. The van der Waals surface area contributed by atoms with E-state index in [9.17, 15) is 14.7 Å². The van der Waals surface area contributed by atoms with E-state index in [0.717, 1.165) is 42.1 Å². The normalized spacial score (nSPS) is 17.2. The summed E-state index contributed by atoms with van der Waals surface area (Å²) in [6, 6.07) is 12.5. The number of aliphatic hydroxyl groups excluding tert-OH is 1. The molecule has 1 aliphatic rings. The Morgan fingerprint density at radius 2 is 1.69 bits per heavy atom. The van der Waals surface area contributed by atoms with Crippen molar-refractivity contribution in [2.45, 2.75) is 40.2 Å². The molecule has 7 nitrogen and oxygen atoms in total. The lowest BCUT2D eigenvalue weighted by atomic mass is 9.94. The van der Waals surface area contributed by atoms with Crippen LogP contribution in [0.15, 0.2) is 48.0 Å². The SMILES string of the molecule is CCCOc1ccc(C(O)=C2C(=O)C(=O)N(CCN(CC)CC)[C@@H]2c2ccc(N(C)C)cc2)cc1C. The van der Waals surface area contributed by atoms with Crippen LogP contribution in [0.5, 0.6) is 5.75 Å². The van der Waals surface area contributed by atoms with Crippen molar-refractivity contribution >= 4 is 23.1 Å². The number of carbonyl (C=O) groups is 2. The number of nitrogens with zero attached hydrogens (tertiary/aromatic N) is 3. The van der Waals surface area contributed by atoms with Crippen molar-refractivity contribution in [3.05, 3.63) is 64.7 Å². The van der Waals surface area contributed by atoms with Crippen molar-refractivity contribution in [2.24, 2.45) is 0 Å². The molecule has 1 saturated heterocycles. The molecule has 0 radical (unpaired) electrons. The van der Waals surface area contributed by atoms with E-state index in [2.05, 4.69) is 18.7 Å². The molecule has 0 aliphatic carbocycles. The fourth-order valence-corrected chi connectivity index (χ4v) is 4.53. The molecule has 1 heterocycles. The Morgan fingerprint density at radius 1 is 1.03 bits per heavy atom. The van der Waals surface area contributed by atoms with Crippen LogP contribution in [0.2, 0.25) is 0 Å². The first kappa shape index (κ1) is 27.3. The van der Waals surface area contributed by atoms with E-state index in [1.54, 1.807) is 23.1 Å². The third-order valence-corrected chi connectivity index (χ3v) is 6.73. The monoisotopic (exact) mass is 493 g/mol. The average molecular weight is 494 g/mol. The number of hydrogen-bond acceptors (Lipinski definition) is 6. The topological polar surface area (TPSA) is 73.3 Å². The number of aryl methyl sites for hydroxylation is 1. The molecule has 7 heteroatoms. The molecule has 3 rings (SSSR count). The first-order valence-corrected chi connectivity index (χ1v) is 12.7. The highest BCUT2D eigenvalue weighted by Crippen LogP contribution is 2.40. The Kier molecular flexibility index (Phi) is 9.15. The van der Waals surface area contributed by atoms with Crippen molar-refractivity contribution in [1.29, 1.82) is 0 Å². The van der Waals surface area contributed by atoms with Crippen LogP contribution >= 0.6 is 0 Å². The predicted octanol–water partition coefficient (Wildman–Crippen LogP) is 4.61. The quantitative estimate of drug-likeness (QED) is 0.280. The molecule has 2 aromatic rings. The van der Waals surface area contributed by atoms with Gasteiger partial charge in [0.15, 0.2) is 0 Å². The van der Waals surface area contributed by atoms with Gasteiger partial charge in [-0.2, -0.15) is 0 Å². The zero-order valence-electron chi connectivity index (χ0n) is 22.4. The maximum atomic E-state index is 13.3.